The third-order valence-electron chi connectivity index (χ3n) is 5.91. The lowest BCUT2D eigenvalue weighted by Gasteiger charge is -2.12. The summed E-state index contributed by atoms with van der Waals surface area (Å²) in [5.41, 5.74) is 3.85. The van der Waals surface area contributed by atoms with E-state index in [0.29, 0.717) is 39.2 Å². The van der Waals surface area contributed by atoms with Crippen molar-refractivity contribution in [2.75, 3.05) is 13.7 Å². The van der Waals surface area contributed by atoms with E-state index in [-0.39, 0.29) is 12.4 Å². The van der Waals surface area contributed by atoms with Crippen LogP contribution in [-0.4, -0.2) is 29.9 Å². The molecule has 0 unspecified atom stereocenters. The van der Waals surface area contributed by atoms with Crippen LogP contribution in [0.5, 0.6) is 5.75 Å². The van der Waals surface area contributed by atoms with E-state index >= 15 is 0 Å². The third-order valence-corrected chi connectivity index (χ3v) is 5.91. The van der Waals surface area contributed by atoms with Gasteiger partial charge >= 0.3 is 5.97 Å². The van der Waals surface area contributed by atoms with Crippen molar-refractivity contribution in [1.82, 2.24) is 4.40 Å². The molecule has 0 N–H and O–H groups in total. The van der Waals surface area contributed by atoms with Crippen LogP contribution in [0.15, 0.2) is 91.0 Å². The Balaban J connectivity index is 2.00. The summed E-state index contributed by atoms with van der Waals surface area (Å²) >= 11 is 0. The van der Waals surface area contributed by atoms with Crippen LogP contribution in [0, 0.1) is 0 Å². The van der Waals surface area contributed by atoms with Crippen LogP contribution in [0.1, 0.15) is 33.3 Å². The molecule has 0 aliphatic heterocycles. The number of benzene rings is 3. The fourth-order valence-corrected chi connectivity index (χ4v) is 4.46. The molecule has 0 atom stereocenters. The molecule has 0 spiro atoms. The smallest absolute Gasteiger partial charge is 0.340 e. The van der Waals surface area contributed by atoms with E-state index in [1.807, 2.05) is 83.3 Å². The number of ether oxygens (including phenoxy) is 2. The van der Waals surface area contributed by atoms with E-state index in [1.165, 1.54) is 0 Å². The molecule has 5 nitrogen and oxygen atoms in total. The monoisotopic (exact) mass is 449 g/mol. The van der Waals surface area contributed by atoms with Crippen molar-refractivity contribution in [3.8, 4) is 16.9 Å². The fraction of sp³-hybridized carbons (Fsp3) is 0.103. The summed E-state index contributed by atoms with van der Waals surface area (Å²) in [6.45, 7) is 1.99. The van der Waals surface area contributed by atoms with Gasteiger partial charge in [-0.15, -0.1) is 0 Å². The standard InChI is InChI=1S/C29H23NO4/c1-3-34-29(32)26-23-18-17-19-11-7-9-15-22(19)30(23)27(28(31)20-12-5-4-6-13-20)25(26)21-14-8-10-16-24(21)33-2/h4-18H,3H2,1-2H3. The van der Waals surface area contributed by atoms with Crippen molar-refractivity contribution in [3.05, 3.63) is 108 Å². The van der Waals surface area contributed by atoms with Crippen LogP contribution in [0.2, 0.25) is 0 Å². The second-order valence-electron chi connectivity index (χ2n) is 7.83. The lowest BCUT2D eigenvalue weighted by atomic mass is 9.96. The van der Waals surface area contributed by atoms with Crippen LogP contribution in [0.3, 0.4) is 0 Å². The van der Waals surface area contributed by atoms with Gasteiger partial charge in [0.25, 0.3) is 0 Å². The zero-order chi connectivity index (χ0) is 23.7. The Hall–Kier alpha value is -4.38. The molecular weight excluding hydrogens is 426 g/mol. The molecule has 0 bridgehead atoms. The van der Waals surface area contributed by atoms with E-state index in [2.05, 4.69) is 0 Å². The highest BCUT2D eigenvalue weighted by Gasteiger charge is 2.31. The summed E-state index contributed by atoms with van der Waals surface area (Å²) in [5, 5.41) is 0.953. The number of fused-ring (bicyclic) bond motifs is 3. The van der Waals surface area contributed by atoms with E-state index in [9.17, 15) is 9.59 Å². The lowest BCUT2D eigenvalue weighted by Crippen LogP contribution is -2.09. The quantitative estimate of drug-likeness (QED) is 0.230. The molecule has 34 heavy (non-hydrogen) atoms. The Morgan fingerprint density at radius 1 is 0.794 bits per heavy atom. The molecule has 0 saturated heterocycles. The summed E-state index contributed by atoms with van der Waals surface area (Å²) in [7, 11) is 1.58. The van der Waals surface area contributed by atoms with Crippen LogP contribution >= 0.6 is 0 Å². The Kier molecular flexibility index (Phi) is 5.60. The Labute approximate surface area is 197 Å². The van der Waals surface area contributed by atoms with Crippen LogP contribution in [0.25, 0.3) is 27.5 Å². The molecule has 2 heterocycles. The molecule has 2 aromatic heterocycles. The molecule has 0 radical (unpaired) electrons. The Morgan fingerprint density at radius 3 is 2.26 bits per heavy atom. The molecule has 0 fully saturated rings. The van der Waals surface area contributed by atoms with Crippen molar-refractivity contribution in [1.29, 1.82) is 0 Å². The number of methoxy groups -OCH3 is 1. The minimum absolute atomic E-state index is 0.191. The molecule has 0 aliphatic rings. The predicted octanol–water partition coefficient (Wildman–Crippen LogP) is 6.18. The molecule has 5 aromatic rings. The summed E-state index contributed by atoms with van der Waals surface area (Å²) in [6.07, 6.45) is 0. The number of nitrogens with zero attached hydrogens (tertiary/aromatic N) is 1. The highest BCUT2D eigenvalue weighted by molar-refractivity contribution is 6.19. The van der Waals surface area contributed by atoms with Crippen LogP contribution in [-0.2, 0) is 4.74 Å². The van der Waals surface area contributed by atoms with Gasteiger partial charge < -0.3 is 13.9 Å². The predicted molar refractivity (Wildman–Crippen MR) is 133 cm³/mol. The van der Waals surface area contributed by atoms with Crippen molar-refractivity contribution < 1.29 is 19.1 Å². The maximum Gasteiger partial charge on any atom is 0.340 e. The lowest BCUT2D eigenvalue weighted by molar-refractivity contribution is 0.0529. The van der Waals surface area contributed by atoms with Gasteiger partial charge in [-0.2, -0.15) is 0 Å². The topological polar surface area (TPSA) is 57.0 Å². The molecule has 168 valence electrons. The van der Waals surface area contributed by atoms with Crippen molar-refractivity contribution in [3.63, 3.8) is 0 Å². The van der Waals surface area contributed by atoms with Crippen LogP contribution in [0.4, 0.5) is 0 Å². The number of pyridine rings is 1. The second-order valence-corrected chi connectivity index (χ2v) is 7.83. The van der Waals surface area contributed by atoms with Crippen molar-refractivity contribution >= 4 is 28.2 Å². The van der Waals surface area contributed by atoms with Gasteiger partial charge in [0, 0.05) is 16.7 Å². The molecular formula is C29H23NO4. The maximum atomic E-state index is 14.1. The zero-order valence-electron chi connectivity index (χ0n) is 18.9. The summed E-state index contributed by atoms with van der Waals surface area (Å²) in [6, 6.07) is 28.1. The fourth-order valence-electron chi connectivity index (χ4n) is 4.46. The van der Waals surface area contributed by atoms with E-state index in [4.69, 9.17) is 9.47 Å². The average Bonchev–Trinajstić information content (AvgIpc) is 3.24. The molecule has 0 aliphatic carbocycles. The van der Waals surface area contributed by atoms with Gasteiger partial charge in [-0.05, 0) is 30.5 Å². The number of ketones is 1. The highest BCUT2D eigenvalue weighted by Crippen LogP contribution is 2.41. The van der Waals surface area contributed by atoms with Gasteiger partial charge in [-0.1, -0.05) is 72.8 Å². The summed E-state index contributed by atoms with van der Waals surface area (Å²) in [5.74, 6) is -0.109. The number of aromatic nitrogens is 1. The molecule has 0 saturated carbocycles. The maximum absolute atomic E-state index is 14.1. The zero-order valence-corrected chi connectivity index (χ0v) is 18.9. The number of carbonyl (C=O) groups excluding carboxylic acids is 2. The van der Waals surface area contributed by atoms with Gasteiger partial charge in [0.2, 0.25) is 5.78 Å². The Morgan fingerprint density at radius 2 is 1.50 bits per heavy atom. The first-order valence-corrected chi connectivity index (χ1v) is 11.1. The number of esters is 1. The summed E-state index contributed by atoms with van der Waals surface area (Å²) in [4.78, 5) is 27.5. The van der Waals surface area contributed by atoms with E-state index in [1.54, 1.807) is 26.2 Å². The summed E-state index contributed by atoms with van der Waals surface area (Å²) < 4.78 is 13.0. The highest BCUT2D eigenvalue weighted by atomic mass is 16.5. The first-order chi connectivity index (χ1) is 16.7. The normalized spacial score (nSPS) is 11.0. The third kappa shape index (κ3) is 3.42. The van der Waals surface area contributed by atoms with Gasteiger partial charge in [0.15, 0.2) is 0 Å². The van der Waals surface area contributed by atoms with Gasteiger partial charge in [0.1, 0.15) is 11.4 Å². The van der Waals surface area contributed by atoms with Gasteiger partial charge in [-0.3, -0.25) is 4.79 Å². The number of hydrogen-bond acceptors (Lipinski definition) is 4. The average molecular weight is 450 g/mol. The van der Waals surface area contributed by atoms with Crippen molar-refractivity contribution in [2.24, 2.45) is 0 Å². The second kappa shape index (κ2) is 8.87. The van der Waals surface area contributed by atoms with Crippen molar-refractivity contribution in [2.45, 2.75) is 6.92 Å². The number of para-hydroxylation sites is 2. The van der Waals surface area contributed by atoms with Crippen LogP contribution < -0.4 is 4.74 Å². The Bertz CT molecular complexity index is 1530. The number of rotatable bonds is 6. The SMILES string of the molecule is CCOC(=O)c1c(-c2ccccc2OC)c(C(=O)c2ccccc2)n2c1ccc1ccccc12. The molecule has 5 heteroatoms. The van der Waals surface area contributed by atoms with E-state index < -0.39 is 5.97 Å². The first-order valence-electron chi connectivity index (χ1n) is 11.1. The molecule has 3 aromatic carbocycles. The van der Waals surface area contributed by atoms with Gasteiger partial charge in [0.05, 0.1) is 30.3 Å². The van der Waals surface area contributed by atoms with E-state index in [0.717, 1.165) is 10.9 Å². The number of hydrogen-bond donors (Lipinski definition) is 0. The minimum atomic E-state index is -0.483. The molecule has 0 amide bonds. The first kappa shape index (κ1) is 21.5. The molecule has 5 rings (SSSR count). The largest absolute Gasteiger partial charge is 0.496 e. The number of carbonyl (C=O) groups is 2. The minimum Gasteiger partial charge on any atom is -0.496 e. The van der Waals surface area contributed by atoms with Gasteiger partial charge in [-0.25, -0.2) is 4.79 Å².